The van der Waals surface area contributed by atoms with Gasteiger partial charge in [0.05, 0.1) is 11.3 Å². The van der Waals surface area contributed by atoms with Crippen LogP contribution in [0.25, 0.3) is 33.3 Å². The molecule has 3 aromatic carbocycles. The van der Waals surface area contributed by atoms with Gasteiger partial charge in [0, 0.05) is 26.2 Å². The number of benzene rings is 3. The third-order valence-electron chi connectivity index (χ3n) is 4.49. The second kappa shape index (κ2) is 11.4. The molecular formula is C27H24IrNO2-. The second-order valence-electron chi connectivity index (χ2n) is 7.10. The smallest absolute Gasteiger partial charge is 0.155 e. The SMILES string of the molecule is CC(=O)C=C(C)O.Cc1cc2ccccc2nc1-c1[c-]ccc(-c2ccccc2)c1.[Ir]. The number of ketones is 1. The van der Waals surface area contributed by atoms with Gasteiger partial charge in [0.15, 0.2) is 5.78 Å². The first kappa shape index (κ1) is 24.2. The molecule has 0 aliphatic heterocycles. The number of aromatic nitrogens is 1. The number of rotatable bonds is 3. The number of fused-ring (bicyclic) bond motifs is 1. The molecule has 0 spiro atoms. The number of hydrogen-bond acceptors (Lipinski definition) is 3. The minimum absolute atomic E-state index is 0. The fraction of sp³-hybridized carbons (Fsp3) is 0.111. The number of para-hydroxylation sites is 1. The summed E-state index contributed by atoms with van der Waals surface area (Å²) in [5, 5.41) is 9.54. The van der Waals surface area contributed by atoms with Crippen LogP contribution in [0.4, 0.5) is 0 Å². The van der Waals surface area contributed by atoms with E-state index in [2.05, 4.69) is 67.6 Å². The zero-order valence-corrected chi connectivity index (χ0v) is 20.1. The molecule has 0 aliphatic rings. The van der Waals surface area contributed by atoms with E-state index in [-0.39, 0.29) is 31.6 Å². The minimum Gasteiger partial charge on any atom is -0.512 e. The van der Waals surface area contributed by atoms with Gasteiger partial charge in [0.25, 0.3) is 0 Å². The topological polar surface area (TPSA) is 50.2 Å². The number of aryl methyl sites for hydroxylation is 1. The summed E-state index contributed by atoms with van der Waals surface area (Å²) in [5.74, 6) is -0.0625. The molecule has 3 nitrogen and oxygen atoms in total. The molecule has 0 aliphatic carbocycles. The van der Waals surface area contributed by atoms with E-state index in [0.717, 1.165) is 16.8 Å². The molecule has 0 atom stereocenters. The average Bonchev–Trinajstić information content (AvgIpc) is 2.73. The molecule has 1 N–H and O–H groups in total. The van der Waals surface area contributed by atoms with Crippen molar-refractivity contribution >= 4 is 16.7 Å². The molecule has 4 heteroatoms. The predicted molar refractivity (Wildman–Crippen MR) is 123 cm³/mol. The Morgan fingerprint density at radius 1 is 0.935 bits per heavy atom. The number of aliphatic hydroxyl groups excluding tert-OH is 1. The first-order chi connectivity index (χ1) is 14.4. The molecule has 1 heterocycles. The number of carbonyl (C=O) groups excluding carboxylic acids is 1. The van der Waals surface area contributed by atoms with Gasteiger partial charge in [-0.2, -0.15) is 0 Å². The zero-order chi connectivity index (χ0) is 21.5. The molecule has 31 heavy (non-hydrogen) atoms. The van der Waals surface area contributed by atoms with Gasteiger partial charge in [-0.3, -0.25) is 9.78 Å². The van der Waals surface area contributed by atoms with Gasteiger partial charge in [0.2, 0.25) is 0 Å². The van der Waals surface area contributed by atoms with Crippen LogP contribution in [-0.4, -0.2) is 15.9 Å². The van der Waals surface area contributed by atoms with E-state index in [4.69, 9.17) is 10.1 Å². The normalized spacial score (nSPS) is 10.6. The van der Waals surface area contributed by atoms with E-state index >= 15 is 0 Å². The van der Waals surface area contributed by atoms with E-state index < -0.39 is 0 Å². The molecule has 4 rings (SSSR count). The second-order valence-corrected chi connectivity index (χ2v) is 7.10. The minimum atomic E-state index is -0.125. The van der Waals surface area contributed by atoms with Crippen LogP contribution in [-0.2, 0) is 24.9 Å². The molecular weight excluding hydrogens is 563 g/mol. The number of allylic oxidation sites excluding steroid dienone is 2. The molecule has 4 aromatic rings. The van der Waals surface area contributed by atoms with E-state index in [1.807, 2.05) is 24.3 Å². The fourth-order valence-electron chi connectivity index (χ4n) is 3.20. The van der Waals surface area contributed by atoms with Gasteiger partial charge >= 0.3 is 0 Å². The Hall–Kier alpha value is -3.07. The van der Waals surface area contributed by atoms with E-state index in [9.17, 15) is 4.79 Å². The van der Waals surface area contributed by atoms with Crippen LogP contribution >= 0.6 is 0 Å². The maximum Gasteiger partial charge on any atom is 0.155 e. The van der Waals surface area contributed by atoms with Crippen LogP contribution in [0.1, 0.15) is 19.4 Å². The number of hydrogen-bond donors (Lipinski definition) is 1. The fourth-order valence-corrected chi connectivity index (χ4v) is 3.20. The van der Waals surface area contributed by atoms with Crippen molar-refractivity contribution in [3.63, 3.8) is 0 Å². The van der Waals surface area contributed by atoms with Gasteiger partial charge in [0.1, 0.15) is 0 Å². The Bertz CT molecular complexity index is 1200. The Balaban J connectivity index is 0.000000373. The number of pyridine rings is 1. The number of carbonyl (C=O) groups is 1. The summed E-state index contributed by atoms with van der Waals surface area (Å²) < 4.78 is 0. The Labute approximate surface area is 196 Å². The molecule has 0 unspecified atom stereocenters. The molecule has 0 fully saturated rings. The Morgan fingerprint density at radius 2 is 1.61 bits per heavy atom. The average molecular weight is 587 g/mol. The first-order valence-corrected chi connectivity index (χ1v) is 9.76. The Morgan fingerprint density at radius 3 is 2.26 bits per heavy atom. The molecule has 0 saturated heterocycles. The molecule has 0 saturated carbocycles. The van der Waals surface area contributed by atoms with E-state index in [1.54, 1.807) is 0 Å². The van der Waals surface area contributed by atoms with Crippen molar-refractivity contribution in [1.82, 2.24) is 4.98 Å². The predicted octanol–water partition coefficient (Wildman–Crippen LogP) is 6.71. The number of aliphatic hydroxyl groups is 1. The van der Waals surface area contributed by atoms with Crippen molar-refractivity contribution < 1.29 is 30.0 Å². The quantitative estimate of drug-likeness (QED) is 0.165. The van der Waals surface area contributed by atoms with Gasteiger partial charge < -0.3 is 5.11 Å². The standard InChI is InChI=1S/C22H16N.C5H8O2.Ir/c1-16-14-19-10-5-6-13-21(19)23-22(16)20-12-7-11-18(15-20)17-8-3-2-4-9-17;1-4(6)3-5(2)7;/h2-11,13-15H,1H3;3,6H,1-2H3;/q-1;;. The molecule has 159 valence electrons. The van der Waals surface area contributed by atoms with Gasteiger partial charge in [-0.15, -0.1) is 35.4 Å². The summed E-state index contributed by atoms with van der Waals surface area (Å²) in [6.45, 7) is 4.96. The van der Waals surface area contributed by atoms with Gasteiger partial charge in [-0.05, 0) is 43.5 Å². The maximum atomic E-state index is 10.0. The summed E-state index contributed by atoms with van der Waals surface area (Å²) in [6.07, 6.45) is 1.17. The van der Waals surface area contributed by atoms with Crippen molar-refractivity contribution in [2.45, 2.75) is 20.8 Å². The summed E-state index contributed by atoms with van der Waals surface area (Å²) >= 11 is 0. The van der Waals surface area contributed by atoms with Crippen LogP contribution in [0.15, 0.2) is 90.7 Å². The van der Waals surface area contributed by atoms with Crippen molar-refractivity contribution in [1.29, 1.82) is 0 Å². The van der Waals surface area contributed by atoms with Crippen LogP contribution in [0, 0.1) is 13.0 Å². The first-order valence-electron chi connectivity index (χ1n) is 9.76. The molecule has 1 aromatic heterocycles. The monoisotopic (exact) mass is 587 g/mol. The van der Waals surface area contributed by atoms with E-state index in [0.29, 0.717) is 0 Å². The van der Waals surface area contributed by atoms with Crippen molar-refractivity contribution in [3.8, 4) is 22.4 Å². The van der Waals surface area contributed by atoms with Gasteiger partial charge in [-0.1, -0.05) is 60.2 Å². The van der Waals surface area contributed by atoms with Crippen LogP contribution < -0.4 is 0 Å². The maximum absolute atomic E-state index is 10.0. The largest absolute Gasteiger partial charge is 0.512 e. The third-order valence-corrected chi connectivity index (χ3v) is 4.49. The van der Waals surface area contributed by atoms with Crippen molar-refractivity contribution in [2.75, 3.05) is 0 Å². The summed E-state index contributed by atoms with van der Waals surface area (Å²) in [4.78, 5) is 14.9. The molecule has 0 bridgehead atoms. The van der Waals surface area contributed by atoms with Crippen molar-refractivity contribution in [3.05, 3.63) is 102 Å². The Kier molecular flexibility index (Phi) is 8.87. The summed E-state index contributed by atoms with van der Waals surface area (Å²) in [7, 11) is 0. The van der Waals surface area contributed by atoms with Crippen LogP contribution in [0.5, 0.6) is 0 Å². The number of nitrogens with zero attached hydrogens (tertiary/aromatic N) is 1. The molecule has 1 radical (unpaired) electrons. The van der Waals surface area contributed by atoms with Crippen LogP contribution in [0.3, 0.4) is 0 Å². The molecule has 0 amide bonds. The van der Waals surface area contributed by atoms with Crippen LogP contribution in [0.2, 0.25) is 0 Å². The van der Waals surface area contributed by atoms with E-state index in [1.165, 1.54) is 42.0 Å². The third kappa shape index (κ3) is 6.71. The summed E-state index contributed by atoms with van der Waals surface area (Å²) in [6, 6.07) is 30.4. The van der Waals surface area contributed by atoms with Crippen molar-refractivity contribution in [2.24, 2.45) is 0 Å². The van der Waals surface area contributed by atoms with Gasteiger partial charge in [-0.25, -0.2) is 0 Å². The zero-order valence-electron chi connectivity index (χ0n) is 17.7. The summed E-state index contributed by atoms with van der Waals surface area (Å²) in [5.41, 5.74) is 6.63.